The molecule has 28 heavy (non-hydrogen) atoms. The lowest BCUT2D eigenvalue weighted by Gasteiger charge is -2.38. The Balaban J connectivity index is 1.50. The monoisotopic (exact) mass is 403 g/mol. The molecule has 1 amide bonds. The van der Waals surface area contributed by atoms with E-state index in [0.29, 0.717) is 18.6 Å². The molecule has 0 radical (unpaired) electrons. The number of piperazine rings is 1. The van der Waals surface area contributed by atoms with Crippen molar-refractivity contribution in [2.75, 3.05) is 26.8 Å². The summed E-state index contributed by atoms with van der Waals surface area (Å²) in [6.45, 7) is 3.14. The average Bonchev–Trinajstić information content (AvgIpc) is 3.53. The fourth-order valence-corrected chi connectivity index (χ4v) is 4.41. The third kappa shape index (κ3) is 4.60. The largest absolute Gasteiger partial charge is 0.385 e. The number of hydrogen-bond acceptors (Lipinski definition) is 4. The number of methoxy groups -OCH3 is 1. The molecule has 2 aliphatic heterocycles. The molecule has 1 saturated carbocycles. The second-order valence-corrected chi connectivity index (χ2v) is 8.56. The van der Waals surface area contributed by atoms with Crippen LogP contribution in [0.1, 0.15) is 36.8 Å². The molecule has 2 fully saturated rings. The summed E-state index contributed by atoms with van der Waals surface area (Å²) in [5.41, 5.74) is 3.21. The molecule has 2 heterocycles. The fourth-order valence-electron chi connectivity index (χ4n) is 4.23. The molecule has 1 aromatic carbocycles. The summed E-state index contributed by atoms with van der Waals surface area (Å²) >= 11 is 6.50. The summed E-state index contributed by atoms with van der Waals surface area (Å²) in [5, 5.41) is 7.78. The number of carbonyl (C=O) groups excluding carboxylic acids is 1. The highest BCUT2D eigenvalue weighted by atomic mass is 35.5. The Morgan fingerprint density at radius 1 is 1.32 bits per heavy atom. The molecule has 1 saturated heterocycles. The zero-order valence-corrected chi connectivity index (χ0v) is 17.3. The van der Waals surface area contributed by atoms with Crippen molar-refractivity contribution < 1.29 is 9.53 Å². The van der Waals surface area contributed by atoms with Gasteiger partial charge in [-0.05, 0) is 49.3 Å². The molecule has 6 heteroatoms. The van der Waals surface area contributed by atoms with Crippen molar-refractivity contribution in [2.45, 2.75) is 56.8 Å². The third-order valence-electron chi connectivity index (χ3n) is 5.93. The van der Waals surface area contributed by atoms with E-state index in [1.165, 1.54) is 5.56 Å². The van der Waals surface area contributed by atoms with Crippen molar-refractivity contribution in [1.82, 2.24) is 15.5 Å². The van der Waals surface area contributed by atoms with E-state index in [-0.39, 0.29) is 11.9 Å². The van der Waals surface area contributed by atoms with Crippen molar-refractivity contribution in [2.24, 2.45) is 0 Å². The number of benzene rings is 1. The van der Waals surface area contributed by atoms with Gasteiger partial charge in [-0.3, -0.25) is 4.79 Å². The molecule has 0 spiro atoms. The van der Waals surface area contributed by atoms with E-state index < -0.39 is 0 Å². The summed E-state index contributed by atoms with van der Waals surface area (Å²) in [7, 11) is 1.73. The quantitative estimate of drug-likeness (QED) is 0.655. The second kappa shape index (κ2) is 8.95. The van der Waals surface area contributed by atoms with Crippen molar-refractivity contribution in [3.8, 4) is 0 Å². The molecule has 0 aromatic heterocycles. The topological polar surface area (TPSA) is 53.6 Å². The number of halogens is 1. The Morgan fingerprint density at radius 2 is 2.18 bits per heavy atom. The Morgan fingerprint density at radius 3 is 2.96 bits per heavy atom. The molecule has 2 atom stereocenters. The summed E-state index contributed by atoms with van der Waals surface area (Å²) < 4.78 is 5.16. The summed E-state index contributed by atoms with van der Waals surface area (Å²) in [4.78, 5) is 15.5. The lowest BCUT2D eigenvalue weighted by molar-refractivity contribution is -0.128. The highest BCUT2D eigenvalue weighted by Crippen LogP contribution is 2.32. The van der Waals surface area contributed by atoms with Crippen LogP contribution in [-0.4, -0.2) is 55.7 Å². The van der Waals surface area contributed by atoms with Crippen LogP contribution in [-0.2, 0) is 22.5 Å². The molecule has 3 aliphatic rings. The van der Waals surface area contributed by atoms with E-state index in [4.69, 9.17) is 16.3 Å². The number of ether oxygens (including phenoxy) is 1. The van der Waals surface area contributed by atoms with E-state index in [1.54, 1.807) is 7.11 Å². The maximum atomic E-state index is 13.4. The van der Waals surface area contributed by atoms with Gasteiger partial charge in [0.05, 0.1) is 6.04 Å². The minimum Gasteiger partial charge on any atom is -0.385 e. The number of fused-ring (bicyclic) bond motifs is 2. The van der Waals surface area contributed by atoms with E-state index >= 15 is 0 Å². The Hall–Kier alpha value is -1.40. The number of nitrogens with one attached hydrogen (secondary N) is 2. The van der Waals surface area contributed by atoms with Gasteiger partial charge in [-0.2, -0.15) is 0 Å². The van der Waals surface area contributed by atoms with Crippen molar-refractivity contribution in [1.29, 1.82) is 0 Å². The Labute approximate surface area is 172 Å². The van der Waals surface area contributed by atoms with E-state index in [0.717, 1.165) is 68.0 Å². The maximum Gasteiger partial charge on any atom is 0.251 e. The normalized spacial score (nSPS) is 24.0. The summed E-state index contributed by atoms with van der Waals surface area (Å²) in [6, 6.07) is 7.11. The molecule has 5 nitrogen and oxygen atoms in total. The molecular weight excluding hydrogens is 374 g/mol. The van der Waals surface area contributed by atoms with Crippen LogP contribution >= 0.6 is 11.6 Å². The second-order valence-electron chi connectivity index (χ2n) is 8.16. The van der Waals surface area contributed by atoms with Gasteiger partial charge >= 0.3 is 0 Å². The number of rotatable bonds is 8. The first-order valence-corrected chi connectivity index (χ1v) is 10.8. The van der Waals surface area contributed by atoms with E-state index in [9.17, 15) is 4.79 Å². The zero-order chi connectivity index (χ0) is 19.5. The predicted molar refractivity (Wildman–Crippen MR) is 112 cm³/mol. The van der Waals surface area contributed by atoms with Crippen LogP contribution in [0.2, 0.25) is 5.02 Å². The highest BCUT2D eigenvalue weighted by molar-refractivity contribution is 6.31. The molecule has 2 N–H and O–H groups in total. The Kier molecular flexibility index (Phi) is 6.36. The van der Waals surface area contributed by atoms with Gasteiger partial charge in [-0.25, -0.2) is 0 Å². The minimum absolute atomic E-state index is 0.122. The van der Waals surface area contributed by atoms with Crippen LogP contribution < -0.4 is 10.6 Å². The van der Waals surface area contributed by atoms with Crippen LogP contribution in [0, 0.1) is 0 Å². The molecule has 152 valence electrons. The average molecular weight is 404 g/mol. The maximum absolute atomic E-state index is 13.4. The number of amides is 1. The first-order valence-electron chi connectivity index (χ1n) is 10.4. The van der Waals surface area contributed by atoms with Gasteiger partial charge in [-0.1, -0.05) is 29.8 Å². The standard InChI is InChI=1S/C22H30ClN3O2/c1-28-10-2-3-15-4-9-20(23)16(11-15)14-26(18-6-7-18)22(27)19-8-5-17-12-24-13-21(19)25-17/h4,8-9,11,17-18,21,24-25H,2-3,5-7,10,12-14H2,1H3. The van der Waals surface area contributed by atoms with Gasteiger partial charge in [-0.15, -0.1) is 0 Å². The molecular formula is C22H30ClN3O2. The summed E-state index contributed by atoms with van der Waals surface area (Å²) in [6.07, 6.45) is 7.19. The number of nitrogens with zero attached hydrogens (tertiary/aromatic N) is 1. The lowest BCUT2D eigenvalue weighted by Crippen LogP contribution is -2.59. The minimum atomic E-state index is 0.122. The Bertz CT molecular complexity index is 747. The molecule has 2 unspecified atom stereocenters. The zero-order valence-electron chi connectivity index (χ0n) is 16.5. The van der Waals surface area contributed by atoms with Crippen LogP contribution in [0.3, 0.4) is 0 Å². The first-order chi connectivity index (χ1) is 13.7. The predicted octanol–water partition coefficient (Wildman–Crippen LogP) is 2.67. The van der Waals surface area contributed by atoms with Crippen molar-refractivity contribution in [3.63, 3.8) is 0 Å². The van der Waals surface area contributed by atoms with Crippen molar-refractivity contribution in [3.05, 3.63) is 46.0 Å². The number of aryl methyl sites for hydroxylation is 1. The lowest BCUT2D eigenvalue weighted by atomic mass is 9.93. The number of carbonyl (C=O) groups is 1. The third-order valence-corrected chi connectivity index (χ3v) is 6.30. The molecule has 1 aromatic rings. The van der Waals surface area contributed by atoms with Crippen LogP contribution in [0.25, 0.3) is 0 Å². The SMILES string of the molecule is COCCCc1ccc(Cl)c(CN(C(=O)C2=CCC3CNCC2N3)C2CC2)c1. The summed E-state index contributed by atoms with van der Waals surface area (Å²) in [5.74, 6) is 0.169. The van der Waals surface area contributed by atoms with Gasteiger partial charge < -0.3 is 20.3 Å². The molecule has 1 aliphatic carbocycles. The van der Waals surface area contributed by atoms with Gasteiger partial charge in [0.25, 0.3) is 5.91 Å². The fraction of sp³-hybridized carbons (Fsp3) is 0.591. The highest BCUT2D eigenvalue weighted by Gasteiger charge is 2.38. The smallest absolute Gasteiger partial charge is 0.251 e. The van der Waals surface area contributed by atoms with Gasteiger partial charge in [0.1, 0.15) is 0 Å². The molecule has 2 bridgehead atoms. The van der Waals surface area contributed by atoms with E-state index in [2.05, 4.69) is 28.8 Å². The first kappa shape index (κ1) is 19.9. The van der Waals surface area contributed by atoms with Gasteiger partial charge in [0.2, 0.25) is 0 Å². The van der Waals surface area contributed by atoms with Crippen LogP contribution in [0.4, 0.5) is 0 Å². The van der Waals surface area contributed by atoms with E-state index in [1.807, 2.05) is 11.0 Å². The van der Waals surface area contributed by atoms with Crippen molar-refractivity contribution >= 4 is 17.5 Å². The molecule has 4 rings (SSSR count). The van der Waals surface area contributed by atoms with Gasteiger partial charge in [0, 0.05) is 56.0 Å². The number of hydrogen-bond donors (Lipinski definition) is 2. The van der Waals surface area contributed by atoms with Gasteiger partial charge in [0.15, 0.2) is 0 Å². The van der Waals surface area contributed by atoms with Crippen LogP contribution in [0.15, 0.2) is 29.8 Å². The van der Waals surface area contributed by atoms with Crippen LogP contribution in [0.5, 0.6) is 0 Å².